The van der Waals surface area contributed by atoms with E-state index in [9.17, 15) is 8.42 Å². The third-order valence-corrected chi connectivity index (χ3v) is 4.85. The van der Waals surface area contributed by atoms with Crippen LogP contribution in [-0.4, -0.2) is 24.9 Å². The highest BCUT2D eigenvalue weighted by Crippen LogP contribution is 2.21. The van der Waals surface area contributed by atoms with Crippen LogP contribution in [0.4, 0.5) is 0 Å². The van der Waals surface area contributed by atoms with E-state index in [0.717, 1.165) is 12.0 Å². The maximum absolute atomic E-state index is 12.0. The highest BCUT2D eigenvalue weighted by Gasteiger charge is 2.15. The van der Waals surface area contributed by atoms with E-state index in [2.05, 4.69) is 14.7 Å². The molecule has 2 rings (SSSR count). The molecular weight excluding hydrogens is 333 g/mol. The van der Waals surface area contributed by atoms with Crippen molar-refractivity contribution in [1.82, 2.24) is 14.7 Å². The van der Waals surface area contributed by atoms with E-state index in [1.165, 1.54) is 12.3 Å². The van der Waals surface area contributed by atoms with Crippen LogP contribution >= 0.6 is 23.2 Å². The molecule has 0 aliphatic heterocycles. The summed E-state index contributed by atoms with van der Waals surface area (Å²) in [5.41, 5.74) is 1.06. The van der Waals surface area contributed by atoms with Crippen LogP contribution in [0.3, 0.4) is 0 Å². The quantitative estimate of drug-likeness (QED) is 0.645. The zero-order chi connectivity index (χ0) is 15.3. The Hall–Kier alpha value is -1.21. The smallest absolute Gasteiger partial charge is 0.242 e. The Morgan fingerprint density at radius 3 is 2.71 bits per heavy atom. The Labute approximate surface area is 133 Å². The maximum atomic E-state index is 12.0. The number of hydrogen-bond acceptors (Lipinski definition) is 4. The average Bonchev–Trinajstić information content (AvgIpc) is 2.47. The van der Waals surface area contributed by atoms with E-state index in [4.69, 9.17) is 23.2 Å². The third kappa shape index (κ3) is 4.64. The summed E-state index contributed by atoms with van der Waals surface area (Å²) in [5, 5.41) is 0.182. The number of sulfonamides is 1. The molecule has 0 spiro atoms. The highest BCUT2D eigenvalue weighted by molar-refractivity contribution is 7.89. The Kier molecular flexibility index (Phi) is 5.52. The topological polar surface area (TPSA) is 72.0 Å². The van der Waals surface area contributed by atoms with Gasteiger partial charge < -0.3 is 0 Å². The van der Waals surface area contributed by atoms with Crippen molar-refractivity contribution < 1.29 is 8.42 Å². The molecule has 0 unspecified atom stereocenters. The fourth-order valence-corrected chi connectivity index (χ4v) is 3.06. The Morgan fingerprint density at radius 2 is 2.05 bits per heavy atom. The van der Waals surface area contributed by atoms with E-state index in [0.29, 0.717) is 13.0 Å². The van der Waals surface area contributed by atoms with Gasteiger partial charge >= 0.3 is 0 Å². The van der Waals surface area contributed by atoms with Gasteiger partial charge in [-0.3, -0.25) is 4.98 Å². The lowest BCUT2D eigenvalue weighted by atomic mass is 10.2. The monoisotopic (exact) mass is 345 g/mol. The predicted molar refractivity (Wildman–Crippen MR) is 82.0 cm³/mol. The van der Waals surface area contributed by atoms with Crippen molar-refractivity contribution in [2.24, 2.45) is 0 Å². The van der Waals surface area contributed by atoms with Crippen LogP contribution in [0.2, 0.25) is 10.2 Å². The number of nitrogens with one attached hydrogen (secondary N) is 1. The first kappa shape index (κ1) is 16.2. The molecule has 0 aliphatic carbocycles. The molecule has 0 fully saturated rings. The van der Waals surface area contributed by atoms with Crippen LogP contribution in [-0.2, 0) is 16.4 Å². The number of hydrogen-bond donors (Lipinski definition) is 1. The standard InChI is InChI=1S/C13H13Cl2N3O2S/c14-12-7-11(9-17-13(12)15)21(19,20)18-6-2-4-10-3-1-5-16-8-10/h1,3,5,7-9,18H,2,4,6H2. The van der Waals surface area contributed by atoms with Crippen LogP contribution in [0, 0.1) is 0 Å². The van der Waals surface area contributed by atoms with Crippen molar-refractivity contribution in [3.05, 3.63) is 52.5 Å². The summed E-state index contributed by atoms with van der Waals surface area (Å²) < 4.78 is 26.6. The van der Waals surface area contributed by atoms with Gasteiger partial charge in [0.2, 0.25) is 10.0 Å². The number of nitrogens with zero attached hydrogens (tertiary/aromatic N) is 2. The molecule has 8 heteroatoms. The molecule has 112 valence electrons. The summed E-state index contributed by atoms with van der Waals surface area (Å²) in [4.78, 5) is 7.73. The zero-order valence-corrected chi connectivity index (χ0v) is 13.3. The van der Waals surface area contributed by atoms with Crippen molar-refractivity contribution in [3.63, 3.8) is 0 Å². The van der Waals surface area contributed by atoms with Gasteiger partial charge in [-0.1, -0.05) is 29.3 Å². The second-order valence-corrected chi connectivity index (χ2v) is 6.84. The first-order chi connectivity index (χ1) is 9.99. The molecule has 0 saturated heterocycles. The molecule has 0 saturated carbocycles. The lowest BCUT2D eigenvalue weighted by Gasteiger charge is -2.07. The Bertz CT molecular complexity index is 709. The first-order valence-electron chi connectivity index (χ1n) is 6.18. The second-order valence-electron chi connectivity index (χ2n) is 4.31. The van der Waals surface area contributed by atoms with Gasteiger partial charge in [-0.2, -0.15) is 0 Å². The lowest BCUT2D eigenvalue weighted by Crippen LogP contribution is -2.25. The molecular formula is C13H13Cl2N3O2S. The average molecular weight is 346 g/mol. The van der Waals surface area contributed by atoms with Gasteiger partial charge in [0.1, 0.15) is 10.0 Å². The van der Waals surface area contributed by atoms with Gasteiger partial charge in [0, 0.05) is 25.1 Å². The molecule has 0 bridgehead atoms. The molecule has 5 nitrogen and oxygen atoms in total. The third-order valence-electron chi connectivity index (χ3n) is 2.74. The van der Waals surface area contributed by atoms with Crippen LogP contribution in [0.1, 0.15) is 12.0 Å². The molecule has 21 heavy (non-hydrogen) atoms. The van der Waals surface area contributed by atoms with Crippen molar-refractivity contribution in [3.8, 4) is 0 Å². The molecule has 0 atom stereocenters. The van der Waals surface area contributed by atoms with Crippen molar-refractivity contribution in [1.29, 1.82) is 0 Å². The van der Waals surface area contributed by atoms with Crippen LogP contribution in [0.5, 0.6) is 0 Å². The van der Waals surface area contributed by atoms with E-state index < -0.39 is 10.0 Å². The van der Waals surface area contributed by atoms with E-state index >= 15 is 0 Å². The lowest BCUT2D eigenvalue weighted by molar-refractivity contribution is 0.578. The SMILES string of the molecule is O=S(=O)(NCCCc1cccnc1)c1cnc(Cl)c(Cl)c1. The molecule has 2 aromatic heterocycles. The van der Waals surface area contributed by atoms with Crippen LogP contribution in [0.15, 0.2) is 41.7 Å². The summed E-state index contributed by atoms with van der Waals surface area (Å²) in [6.07, 6.45) is 6.05. The van der Waals surface area contributed by atoms with Crippen molar-refractivity contribution in [2.75, 3.05) is 6.54 Å². The fourth-order valence-electron chi connectivity index (χ4n) is 1.68. The van der Waals surface area contributed by atoms with Gasteiger partial charge in [-0.05, 0) is 30.5 Å². The fraction of sp³-hybridized carbons (Fsp3) is 0.231. The summed E-state index contributed by atoms with van der Waals surface area (Å²) in [7, 11) is -3.63. The molecule has 0 amide bonds. The minimum Gasteiger partial charge on any atom is -0.264 e. The first-order valence-corrected chi connectivity index (χ1v) is 8.42. The van der Waals surface area contributed by atoms with Gasteiger partial charge in [-0.25, -0.2) is 18.1 Å². The highest BCUT2D eigenvalue weighted by atomic mass is 35.5. The molecule has 0 aliphatic rings. The van der Waals surface area contributed by atoms with Gasteiger partial charge in [0.25, 0.3) is 0 Å². The van der Waals surface area contributed by atoms with E-state index in [1.807, 2.05) is 12.1 Å². The minimum absolute atomic E-state index is 0.00159. The van der Waals surface area contributed by atoms with Gasteiger partial charge in [0.15, 0.2) is 0 Å². The number of halogens is 2. The molecule has 2 heterocycles. The molecule has 1 N–H and O–H groups in total. The maximum Gasteiger partial charge on any atom is 0.242 e. The predicted octanol–water partition coefficient (Wildman–Crippen LogP) is 2.69. The number of rotatable bonds is 6. The second kappa shape index (κ2) is 7.17. The number of pyridine rings is 2. The summed E-state index contributed by atoms with van der Waals surface area (Å²) >= 11 is 11.4. The summed E-state index contributed by atoms with van der Waals surface area (Å²) in [6, 6.07) is 5.08. The summed E-state index contributed by atoms with van der Waals surface area (Å²) in [6.45, 7) is 0.317. The van der Waals surface area contributed by atoms with Gasteiger partial charge in [-0.15, -0.1) is 0 Å². The molecule has 0 radical (unpaired) electrons. The molecule has 2 aromatic rings. The van der Waals surface area contributed by atoms with Crippen LogP contribution < -0.4 is 4.72 Å². The normalized spacial score (nSPS) is 11.5. The summed E-state index contributed by atoms with van der Waals surface area (Å²) in [5.74, 6) is 0. The van der Waals surface area contributed by atoms with Crippen LogP contribution in [0.25, 0.3) is 0 Å². The van der Waals surface area contributed by atoms with E-state index in [1.54, 1.807) is 12.4 Å². The van der Waals surface area contributed by atoms with Crippen molar-refractivity contribution >= 4 is 33.2 Å². The molecule has 0 aromatic carbocycles. The van der Waals surface area contributed by atoms with E-state index in [-0.39, 0.29) is 15.1 Å². The minimum atomic E-state index is -3.63. The Balaban J connectivity index is 1.91. The van der Waals surface area contributed by atoms with Crippen molar-refractivity contribution in [2.45, 2.75) is 17.7 Å². The zero-order valence-electron chi connectivity index (χ0n) is 11.0. The number of aryl methyl sites for hydroxylation is 1. The number of aromatic nitrogens is 2. The Morgan fingerprint density at radius 1 is 1.24 bits per heavy atom. The van der Waals surface area contributed by atoms with Gasteiger partial charge in [0.05, 0.1) is 5.02 Å². The largest absolute Gasteiger partial charge is 0.264 e.